The number of ketones is 4. The van der Waals surface area contributed by atoms with Gasteiger partial charge in [-0.3, -0.25) is 19.2 Å². The third-order valence-electron chi connectivity index (χ3n) is 20.1. The topological polar surface area (TPSA) is 68.3 Å². The van der Waals surface area contributed by atoms with Crippen molar-refractivity contribution < 1.29 is 19.2 Å². The van der Waals surface area contributed by atoms with Crippen molar-refractivity contribution in [1.29, 1.82) is 0 Å². The lowest BCUT2D eigenvalue weighted by Crippen LogP contribution is -2.55. The van der Waals surface area contributed by atoms with Gasteiger partial charge >= 0.3 is 0 Å². The lowest BCUT2D eigenvalue weighted by molar-refractivity contribution is -0.142. The van der Waals surface area contributed by atoms with Crippen LogP contribution >= 0.6 is 0 Å². The van der Waals surface area contributed by atoms with E-state index in [1.165, 1.54) is 56.1 Å². The molecule has 0 amide bonds. The molecule has 0 aromatic carbocycles. The molecule has 51 heavy (non-hydrogen) atoms. The Bertz CT molecular complexity index is 1620. The van der Waals surface area contributed by atoms with Crippen LogP contribution in [0, 0.1) is 73.9 Å². The molecule has 8 saturated carbocycles. The van der Waals surface area contributed by atoms with Gasteiger partial charge in [0.2, 0.25) is 0 Å². The third kappa shape index (κ3) is 4.49. The summed E-state index contributed by atoms with van der Waals surface area (Å²) in [5.74, 6) is 6.99. The predicted octanol–water partition coefficient (Wildman–Crippen LogP) is 10.8. The van der Waals surface area contributed by atoms with Gasteiger partial charge in [0.15, 0.2) is 11.6 Å². The molecule has 278 valence electrons. The van der Waals surface area contributed by atoms with Gasteiger partial charge in [-0.05, 0) is 184 Å². The van der Waals surface area contributed by atoms with Gasteiger partial charge in [0.1, 0.15) is 11.6 Å². The van der Waals surface area contributed by atoms with Crippen molar-refractivity contribution >= 4 is 23.1 Å². The Balaban J connectivity index is 0.000000137. The Morgan fingerprint density at radius 3 is 1.61 bits per heavy atom. The fourth-order valence-corrected chi connectivity index (χ4v) is 17.3. The number of Topliss-reactive ketones (excluding diaryl/α,β-unsaturated/α-hetero) is 2. The highest BCUT2D eigenvalue weighted by atomic mass is 16.1. The van der Waals surface area contributed by atoms with Gasteiger partial charge in [0.05, 0.1) is 0 Å². The molecular weight excluding hydrogens is 629 g/mol. The van der Waals surface area contributed by atoms with Gasteiger partial charge in [-0.1, -0.05) is 45.8 Å². The fourth-order valence-electron chi connectivity index (χ4n) is 17.3. The molecule has 0 aromatic rings. The quantitative estimate of drug-likeness (QED) is 0.253. The minimum atomic E-state index is 0.0158. The SMILES string of the molecule is C[C@@H]1CC2=CC(=O)CC[C@@]2(C)[C@H]2CC[C@]3(C)C(CC[C@]34CCCC4=O)C12.C[C@@]12CCC(=O)C=C1CCC1C3CC[C@]4(CCCC4=O)[C@]3(C)CC[C@@H]12. The Hall–Kier alpha value is -1.84. The van der Waals surface area contributed by atoms with E-state index in [0.29, 0.717) is 35.0 Å². The molecule has 8 fully saturated rings. The van der Waals surface area contributed by atoms with E-state index >= 15 is 0 Å². The second kappa shape index (κ2) is 11.6. The minimum absolute atomic E-state index is 0.0158. The Kier molecular flexibility index (Phi) is 7.93. The molecular formula is C47H66O4. The summed E-state index contributed by atoms with van der Waals surface area (Å²) < 4.78 is 0. The van der Waals surface area contributed by atoms with Crippen molar-refractivity contribution in [1.82, 2.24) is 0 Å². The van der Waals surface area contributed by atoms with Gasteiger partial charge < -0.3 is 0 Å². The molecule has 0 aromatic heterocycles. The van der Waals surface area contributed by atoms with Crippen LogP contribution in [0.25, 0.3) is 0 Å². The maximum Gasteiger partial charge on any atom is 0.155 e. The lowest BCUT2D eigenvalue weighted by Gasteiger charge is -2.61. The highest BCUT2D eigenvalue weighted by molar-refractivity contribution is 5.92. The Morgan fingerprint density at radius 2 is 1.02 bits per heavy atom. The first-order valence-electron chi connectivity index (χ1n) is 21.8. The highest BCUT2D eigenvalue weighted by Crippen LogP contribution is 2.74. The molecule has 13 atom stereocenters. The van der Waals surface area contributed by atoms with Crippen LogP contribution in [0.1, 0.15) is 169 Å². The van der Waals surface area contributed by atoms with Crippen LogP contribution in [0.4, 0.5) is 0 Å². The first kappa shape index (κ1) is 34.9. The molecule has 0 aliphatic heterocycles. The summed E-state index contributed by atoms with van der Waals surface area (Å²) in [6.45, 7) is 12.3. The normalized spacial score (nSPS) is 52.6. The molecule has 4 unspecified atom stereocenters. The zero-order chi connectivity index (χ0) is 35.8. The molecule has 0 bridgehead atoms. The summed E-state index contributed by atoms with van der Waals surface area (Å²) in [4.78, 5) is 49.9. The van der Waals surface area contributed by atoms with Gasteiger partial charge in [-0.25, -0.2) is 0 Å². The van der Waals surface area contributed by atoms with Crippen LogP contribution in [-0.4, -0.2) is 23.1 Å². The van der Waals surface area contributed by atoms with Crippen molar-refractivity contribution in [2.75, 3.05) is 0 Å². The van der Waals surface area contributed by atoms with Crippen LogP contribution in [0.3, 0.4) is 0 Å². The van der Waals surface area contributed by atoms with Crippen LogP contribution in [0.5, 0.6) is 0 Å². The zero-order valence-electron chi connectivity index (χ0n) is 32.7. The molecule has 0 radical (unpaired) electrons. The molecule has 4 nitrogen and oxygen atoms in total. The first-order valence-corrected chi connectivity index (χ1v) is 21.8. The summed E-state index contributed by atoms with van der Waals surface area (Å²) in [6.07, 6.45) is 27.2. The van der Waals surface area contributed by atoms with E-state index < -0.39 is 0 Å². The van der Waals surface area contributed by atoms with E-state index in [1.54, 1.807) is 0 Å². The van der Waals surface area contributed by atoms with Crippen molar-refractivity contribution in [2.24, 2.45) is 73.9 Å². The molecule has 10 aliphatic carbocycles. The standard InChI is InChI=1S/C24H34O2.C23H32O2/c1-15-13-16-14-17(25)6-10-22(16,2)18-7-11-23(3)19(21(15)18)8-12-24(23)9-4-5-20(24)26;1-21-11-7-16(24)14-15(21)5-6-17-18(21)8-12-22(2)19(17)9-13-23(22)10-3-4-20(23)25/h14-15,18-19,21H,4-13H2,1-3H3;14,17-19H,3-13H2,1-2H3/t15-,18+,19?,21?,22-,23-,24+;17?,18-,19?,21+,22+,23-/m10/s1. The monoisotopic (exact) mass is 694 g/mol. The van der Waals surface area contributed by atoms with Crippen LogP contribution in [0.15, 0.2) is 23.3 Å². The second-order valence-corrected chi connectivity index (χ2v) is 21.2. The largest absolute Gasteiger partial charge is 0.299 e. The van der Waals surface area contributed by atoms with Crippen LogP contribution in [-0.2, 0) is 19.2 Å². The first-order chi connectivity index (χ1) is 24.2. The number of hydrogen-bond donors (Lipinski definition) is 0. The van der Waals surface area contributed by atoms with Crippen molar-refractivity contribution in [3.63, 3.8) is 0 Å². The number of hydrogen-bond acceptors (Lipinski definition) is 4. The minimum Gasteiger partial charge on any atom is -0.299 e. The average molecular weight is 695 g/mol. The molecule has 0 N–H and O–H groups in total. The fraction of sp³-hybridized carbons (Fsp3) is 0.830. The molecule has 0 heterocycles. The maximum atomic E-state index is 13.0. The molecule has 10 aliphatic rings. The molecule has 10 rings (SSSR count). The van der Waals surface area contributed by atoms with E-state index in [0.717, 1.165) is 119 Å². The summed E-state index contributed by atoms with van der Waals surface area (Å²) in [6, 6.07) is 0. The van der Waals surface area contributed by atoms with E-state index in [1.807, 2.05) is 12.2 Å². The maximum absolute atomic E-state index is 13.0. The van der Waals surface area contributed by atoms with Gasteiger partial charge in [-0.2, -0.15) is 0 Å². The smallest absolute Gasteiger partial charge is 0.155 e. The van der Waals surface area contributed by atoms with Gasteiger partial charge in [-0.15, -0.1) is 0 Å². The Labute approximate surface area is 308 Å². The van der Waals surface area contributed by atoms with Gasteiger partial charge in [0.25, 0.3) is 0 Å². The lowest BCUT2D eigenvalue weighted by atomic mass is 9.43. The number of allylic oxidation sites excluding steroid dienone is 2. The molecule has 0 saturated heterocycles. The highest BCUT2D eigenvalue weighted by Gasteiger charge is 2.69. The van der Waals surface area contributed by atoms with Gasteiger partial charge in [0, 0.05) is 36.5 Å². The van der Waals surface area contributed by atoms with E-state index in [9.17, 15) is 19.2 Å². The summed E-state index contributed by atoms with van der Waals surface area (Å²) in [7, 11) is 0. The summed E-state index contributed by atoms with van der Waals surface area (Å²) in [5.41, 5.74) is 3.94. The Morgan fingerprint density at radius 1 is 0.510 bits per heavy atom. The zero-order valence-corrected chi connectivity index (χ0v) is 32.7. The average Bonchev–Trinajstić information content (AvgIpc) is 3.84. The van der Waals surface area contributed by atoms with E-state index in [4.69, 9.17) is 0 Å². The number of carbonyl (C=O) groups excluding carboxylic acids is 4. The van der Waals surface area contributed by atoms with Crippen molar-refractivity contribution in [3.8, 4) is 0 Å². The molecule has 4 heteroatoms. The molecule has 2 spiro atoms. The number of carbonyl (C=O) groups is 4. The van der Waals surface area contributed by atoms with Crippen LogP contribution < -0.4 is 0 Å². The van der Waals surface area contributed by atoms with Crippen molar-refractivity contribution in [2.45, 2.75) is 169 Å². The van der Waals surface area contributed by atoms with E-state index in [-0.39, 0.29) is 32.5 Å². The number of fused-ring (bicyclic) bond motifs is 12. The third-order valence-corrected chi connectivity index (χ3v) is 20.1. The number of rotatable bonds is 0. The summed E-state index contributed by atoms with van der Waals surface area (Å²) >= 11 is 0. The predicted molar refractivity (Wildman–Crippen MR) is 201 cm³/mol. The van der Waals surface area contributed by atoms with Crippen molar-refractivity contribution in [3.05, 3.63) is 23.3 Å². The van der Waals surface area contributed by atoms with E-state index in [2.05, 4.69) is 34.6 Å². The summed E-state index contributed by atoms with van der Waals surface area (Å²) in [5, 5.41) is 0. The second-order valence-electron chi connectivity index (χ2n) is 21.2. The van der Waals surface area contributed by atoms with Crippen LogP contribution in [0.2, 0.25) is 0 Å².